The molecular weight excluding hydrogens is 220 g/mol. The zero-order chi connectivity index (χ0) is 11.1. The molecule has 1 aliphatic rings. The lowest BCUT2D eigenvalue weighted by atomic mass is 10.2. The number of halogens is 1. The first-order valence-electron chi connectivity index (χ1n) is 5.90. The number of aryl methyl sites for hydroxylation is 1. The maximum atomic E-state index is 6.27. The first-order chi connectivity index (χ1) is 7.77. The molecule has 2 aromatic rings. The van der Waals surface area contributed by atoms with E-state index in [4.69, 9.17) is 11.6 Å². The number of fused-ring (bicyclic) bond motifs is 1. The van der Waals surface area contributed by atoms with E-state index in [2.05, 4.69) is 34.7 Å². The molecule has 0 atom stereocenters. The van der Waals surface area contributed by atoms with Crippen molar-refractivity contribution in [2.24, 2.45) is 0 Å². The van der Waals surface area contributed by atoms with Crippen molar-refractivity contribution in [3.63, 3.8) is 0 Å². The summed E-state index contributed by atoms with van der Waals surface area (Å²) in [6.45, 7) is 2.09. The van der Waals surface area contributed by atoms with E-state index in [1.165, 1.54) is 36.8 Å². The van der Waals surface area contributed by atoms with Gasteiger partial charge in [-0.05, 0) is 43.0 Å². The molecule has 3 heteroatoms. The second-order valence-corrected chi connectivity index (χ2v) is 4.97. The van der Waals surface area contributed by atoms with Gasteiger partial charge in [0, 0.05) is 6.04 Å². The third-order valence-electron chi connectivity index (χ3n) is 3.57. The Labute approximate surface area is 100 Å². The SMILES string of the molecule is Cc1cccc2c1nc(Cl)n2C1CCCC1. The maximum Gasteiger partial charge on any atom is 0.204 e. The summed E-state index contributed by atoms with van der Waals surface area (Å²) in [6.07, 6.45) is 5.09. The number of hydrogen-bond donors (Lipinski definition) is 0. The average molecular weight is 235 g/mol. The van der Waals surface area contributed by atoms with Crippen LogP contribution in [0.2, 0.25) is 5.28 Å². The number of rotatable bonds is 1. The lowest BCUT2D eigenvalue weighted by Crippen LogP contribution is -2.04. The van der Waals surface area contributed by atoms with Gasteiger partial charge < -0.3 is 4.57 Å². The fourth-order valence-electron chi connectivity index (χ4n) is 2.74. The van der Waals surface area contributed by atoms with Crippen LogP contribution in [0.1, 0.15) is 37.3 Å². The lowest BCUT2D eigenvalue weighted by molar-refractivity contribution is 0.533. The average Bonchev–Trinajstić information content (AvgIpc) is 2.85. The largest absolute Gasteiger partial charge is 0.312 e. The van der Waals surface area contributed by atoms with Crippen LogP contribution < -0.4 is 0 Å². The molecule has 1 heterocycles. The van der Waals surface area contributed by atoms with Crippen LogP contribution in [0.25, 0.3) is 11.0 Å². The monoisotopic (exact) mass is 234 g/mol. The molecule has 1 aromatic carbocycles. The van der Waals surface area contributed by atoms with Crippen molar-refractivity contribution in [2.75, 3.05) is 0 Å². The summed E-state index contributed by atoms with van der Waals surface area (Å²) in [5, 5.41) is 0.649. The summed E-state index contributed by atoms with van der Waals surface area (Å²) in [5.41, 5.74) is 3.45. The summed E-state index contributed by atoms with van der Waals surface area (Å²) in [5.74, 6) is 0. The van der Waals surface area contributed by atoms with Crippen LogP contribution in [0.5, 0.6) is 0 Å². The Morgan fingerprint density at radius 1 is 1.31 bits per heavy atom. The van der Waals surface area contributed by atoms with Crippen molar-refractivity contribution in [1.82, 2.24) is 9.55 Å². The highest BCUT2D eigenvalue weighted by Crippen LogP contribution is 2.35. The molecule has 0 aliphatic heterocycles. The summed E-state index contributed by atoms with van der Waals surface area (Å²) < 4.78 is 2.22. The fourth-order valence-corrected chi connectivity index (χ4v) is 3.05. The Bertz CT molecular complexity index is 524. The third-order valence-corrected chi connectivity index (χ3v) is 3.84. The van der Waals surface area contributed by atoms with Gasteiger partial charge in [-0.25, -0.2) is 4.98 Å². The van der Waals surface area contributed by atoms with Gasteiger partial charge in [-0.15, -0.1) is 0 Å². The van der Waals surface area contributed by atoms with Crippen molar-refractivity contribution in [3.05, 3.63) is 29.0 Å². The van der Waals surface area contributed by atoms with E-state index in [-0.39, 0.29) is 0 Å². The van der Waals surface area contributed by atoms with E-state index in [1.807, 2.05) is 0 Å². The zero-order valence-corrected chi connectivity index (χ0v) is 10.2. The van der Waals surface area contributed by atoms with Crippen LogP contribution in [-0.4, -0.2) is 9.55 Å². The molecule has 84 valence electrons. The molecule has 0 unspecified atom stereocenters. The van der Waals surface area contributed by atoms with Crippen molar-refractivity contribution < 1.29 is 0 Å². The lowest BCUT2D eigenvalue weighted by Gasteiger charge is -2.13. The second-order valence-electron chi connectivity index (χ2n) is 4.63. The van der Waals surface area contributed by atoms with E-state index in [9.17, 15) is 0 Å². The van der Waals surface area contributed by atoms with Crippen LogP contribution >= 0.6 is 11.6 Å². The molecule has 0 saturated heterocycles. The van der Waals surface area contributed by atoms with E-state index >= 15 is 0 Å². The first-order valence-corrected chi connectivity index (χ1v) is 6.28. The highest BCUT2D eigenvalue weighted by atomic mass is 35.5. The highest BCUT2D eigenvalue weighted by Gasteiger charge is 2.22. The van der Waals surface area contributed by atoms with E-state index < -0.39 is 0 Å². The van der Waals surface area contributed by atoms with Gasteiger partial charge in [-0.3, -0.25) is 0 Å². The molecule has 1 aromatic heterocycles. The quantitative estimate of drug-likeness (QED) is 0.726. The number of imidazole rings is 1. The molecule has 0 radical (unpaired) electrons. The smallest absolute Gasteiger partial charge is 0.204 e. The van der Waals surface area contributed by atoms with Gasteiger partial charge in [0.05, 0.1) is 11.0 Å². The summed E-state index contributed by atoms with van der Waals surface area (Å²) in [7, 11) is 0. The maximum absolute atomic E-state index is 6.27. The summed E-state index contributed by atoms with van der Waals surface area (Å²) >= 11 is 6.27. The minimum Gasteiger partial charge on any atom is -0.312 e. The number of para-hydroxylation sites is 1. The Hall–Kier alpha value is -1.02. The zero-order valence-electron chi connectivity index (χ0n) is 9.41. The number of nitrogens with zero attached hydrogens (tertiary/aromatic N) is 2. The van der Waals surface area contributed by atoms with Crippen molar-refractivity contribution >= 4 is 22.6 Å². The van der Waals surface area contributed by atoms with E-state index in [0.717, 1.165) is 5.52 Å². The van der Waals surface area contributed by atoms with Crippen LogP contribution in [-0.2, 0) is 0 Å². The Kier molecular flexibility index (Phi) is 2.40. The normalized spacial score (nSPS) is 17.4. The van der Waals surface area contributed by atoms with Crippen LogP contribution in [0, 0.1) is 6.92 Å². The molecule has 0 amide bonds. The molecule has 1 saturated carbocycles. The summed E-state index contributed by atoms with van der Waals surface area (Å²) in [6, 6.07) is 6.85. The molecule has 2 nitrogen and oxygen atoms in total. The van der Waals surface area contributed by atoms with Gasteiger partial charge in [0.25, 0.3) is 0 Å². The van der Waals surface area contributed by atoms with Crippen molar-refractivity contribution in [1.29, 1.82) is 0 Å². The van der Waals surface area contributed by atoms with Gasteiger partial charge >= 0.3 is 0 Å². The van der Waals surface area contributed by atoms with Gasteiger partial charge in [0.1, 0.15) is 0 Å². The molecule has 16 heavy (non-hydrogen) atoms. The predicted octanol–water partition coefficient (Wildman–Crippen LogP) is 4.11. The molecular formula is C13H15ClN2. The standard InChI is InChI=1S/C13H15ClN2/c1-9-5-4-8-11-12(9)15-13(14)16(11)10-6-2-3-7-10/h4-5,8,10H,2-3,6-7H2,1H3. The highest BCUT2D eigenvalue weighted by molar-refractivity contribution is 6.29. The van der Waals surface area contributed by atoms with E-state index in [0.29, 0.717) is 11.3 Å². The Morgan fingerprint density at radius 2 is 2.06 bits per heavy atom. The molecule has 1 fully saturated rings. The Balaban J connectivity index is 2.22. The molecule has 0 bridgehead atoms. The van der Waals surface area contributed by atoms with Gasteiger partial charge in [0.15, 0.2) is 0 Å². The minimum atomic E-state index is 0.555. The predicted molar refractivity (Wildman–Crippen MR) is 67.0 cm³/mol. The minimum absolute atomic E-state index is 0.555. The van der Waals surface area contributed by atoms with Gasteiger partial charge in [-0.1, -0.05) is 25.0 Å². The first kappa shape index (κ1) is 10.2. The molecule has 0 spiro atoms. The van der Waals surface area contributed by atoms with Crippen LogP contribution in [0.4, 0.5) is 0 Å². The number of aromatic nitrogens is 2. The van der Waals surface area contributed by atoms with Gasteiger partial charge in [0.2, 0.25) is 5.28 Å². The number of hydrogen-bond acceptors (Lipinski definition) is 1. The van der Waals surface area contributed by atoms with Crippen LogP contribution in [0.15, 0.2) is 18.2 Å². The van der Waals surface area contributed by atoms with E-state index in [1.54, 1.807) is 0 Å². The van der Waals surface area contributed by atoms with Crippen LogP contribution in [0.3, 0.4) is 0 Å². The van der Waals surface area contributed by atoms with Crippen molar-refractivity contribution in [3.8, 4) is 0 Å². The summed E-state index contributed by atoms with van der Waals surface area (Å²) in [4.78, 5) is 4.49. The molecule has 1 aliphatic carbocycles. The second kappa shape index (κ2) is 3.77. The molecule has 0 N–H and O–H groups in total. The molecule has 3 rings (SSSR count). The fraction of sp³-hybridized carbons (Fsp3) is 0.462. The third kappa shape index (κ3) is 1.44. The number of benzene rings is 1. The van der Waals surface area contributed by atoms with Gasteiger partial charge in [-0.2, -0.15) is 0 Å². The van der Waals surface area contributed by atoms with Crippen molar-refractivity contribution in [2.45, 2.75) is 38.6 Å². The topological polar surface area (TPSA) is 17.8 Å². The Morgan fingerprint density at radius 3 is 2.81 bits per heavy atom.